The Morgan fingerprint density at radius 1 is 1.33 bits per heavy atom. The van der Waals surface area contributed by atoms with Crippen LogP contribution in [0.15, 0.2) is 40.6 Å². The third-order valence-corrected chi connectivity index (χ3v) is 4.89. The van der Waals surface area contributed by atoms with Crippen LogP contribution in [0, 0.1) is 12.7 Å². The topological polar surface area (TPSA) is 38.0 Å². The molecule has 0 saturated carbocycles. The first-order chi connectivity index (χ1) is 8.70. The lowest BCUT2D eigenvalue weighted by molar-refractivity contribution is 0.617. The molecule has 5 heteroatoms. The van der Waals surface area contributed by atoms with Crippen molar-refractivity contribution < 1.29 is 4.39 Å². The van der Waals surface area contributed by atoms with Gasteiger partial charge in [-0.25, -0.2) is 4.39 Å². The average molecular weight is 282 g/mol. The molecule has 96 valence electrons. The number of benzene rings is 1. The fourth-order valence-corrected chi connectivity index (χ4v) is 3.70. The zero-order chi connectivity index (χ0) is 13.0. The van der Waals surface area contributed by atoms with Crippen molar-refractivity contribution in [1.82, 2.24) is 5.43 Å². The van der Waals surface area contributed by atoms with Gasteiger partial charge >= 0.3 is 0 Å². The van der Waals surface area contributed by atoms with Gasteiger partial charge < -0.3 is 0 Å². The second kappa shape index (κ2) is 6.33. The van der Waals surface area contributed by atoms with E-state index in [-0.39, 0.29) is 11.9 Å². The Hall–Kier alpha value is -0.880. The molecular formula is C13H15FN2S2. The average Bonchev–Trinajstić information content (AvgIpc) is 2.79. The van der Waals surface area contributed by atoms with Crippen molar-refractivity contribution in [3.8, 4) is 0 Å². The van der Waals surface area contributed by atoms with E-state index in [9.17, 15) is 4.39 Å². The van der Waals surface area contributed by atoms with Crippen LogP contribution < -0.4 is 11.3 Å². The first-order valence-electron chi connectivity index (χ1n) is 5.59. The quantitative estimate of drug-likeness (QED) is 0.501. The molecule has 0 spiro atoms. The van der Waals surface area contributed by atoms with Crippen molar-refractivity contribution in [3.63, 3.8) is 0 Å². The Kier molecular flexibility index (Phi) is 4.77. The van der Waals surface area contributed by atoms with E-state index in [1.807, 2.05) is 0 Å². The van der Waals surface area contributed by atoms with E-state index in [0.717, 1.165) is 10.6 Å². The monoisotopic (exact) mass is 282 g/mol. The maximum Gasteiger partial charge on any atom is 0.123 e. The summed E-state index contributed by atoms with van der Waals surface area (Å²) in [7, 11) is 0. The van der Waals surface area contributed by atoms with Gasteiger partial charge in [0.15, 0.2) is 0 Å². The summed E-state index contributed by atoms with van der Waals surface area (Å²) in [6.07, 6.45) is 0. The number of aryl methyl sites for hydroxylation is 1. The largest absolute Gasteiger partial charge is 0.271 e. The maximum atomic E-state index is 12.8. The summed E-state index contributed by atoms with van der Waals surface area (Å²) >= 11 is 3.37. The predicted molar refractivity (Wildman–Crippen MR) is 76.2 cm³/mol. The van der Waals surface area contributed by atoms with Crippen LogP contribution in [-0.2, 0) is 0 Å². The molecule has 0 fully saturated rings. The normalized spacial score (nSPS) is 12.6. The van der Waals surface area contributed by atoms with Gasteiger partial charge in [0.25, 0.3) is 0 Å². The van der Waals surface area contributed by atoms with Gasteiger partial charge in [0.1, 0.15) is 5.82 Å². The summed E-state index contributed by atoms with van der Waals surface area (Å²) in [5.41, 5.74) is 4.09. The van der Waals surface area contributed by atoms with Crippen LogP contribution in [0.1, 0.15) is 16.5 Å². The van der Waals surface area contributed by atoms with E-state index in [1.54, 1.807) is 35.2 Å². The van der Waals surface area contributed by atoms with Crippen molar-refractivity contribution in [2.24, 2.45) is 5.84 Å². The first-order valence-corrected chi connectivity index (χ1v) is 7.45. The highest BCUT2D eigenvalue weighted by Gasteiger charge is 2.13. The molecule has 1 aromatic carbocycles. The summed E-state index contributed by atoms with van der Waals surface area (Å²) in [6.45, 7) is 2.08. The number of halogens is 1. The number of nitrogens with one attached hydrogen (secondary N) is 1. The molecule has 0 saturated heterocycles. The van der Waals surface area contributed by atoms with E-state index in [1.165, 1.54) is 22.6 Å². The molecule has 0 radical (unpaired) electrons. The van der Waals surface area contributed by atoms with Crippen molar-refractivity contribution in [2.75, 3.05) is 5.75 Å². The van der Waals surface area contributed by atoms with Crippen molar-refractivity contribution in [2.45, 2.75) is 17.9 Å². The molecule has 0 aliphatic carbocycles. The van der Waals surface area contributed by atoms with Crippen LogP contribution in [0.2, 0.25) is 0 Å². The zero-order valence-corrected chi connectivity index (χ0v) is 11.7. The van der Waals surface area contributed by atoms with Gasteiger partial charge in [0.2, 0.25) is 0 Å². The molecule has 1 unspecified atom stereocenters. The van der Waals surface area contributed by atoms with Crippen molar-refractivity contribution in [3.05, 3.63) is 52.0 Å². The number of rotatable bonds is 5. The Morgan fingerprint density at radius 3 is 2.61 bits per heavy atom. The van der Waals surface area contributed by atoms with Gasteiger partial charge in [-0.2, -0.15) is 0 Å². The minimum Gasteiger partial charge on any atom is -0.271 e. The minimum absolute atomic E-state index is 0.125. The Balaban J connectivity index is 2.00. The maximum absolute atomic E-state index is 12.8. The fraction of sp³-hybridized carbons (Fsp3) is 0.231. The highest BCUT2D eigenvalue weighted by Crippen LogP contribution is 2.29. The highest BCUT2D eigenvalue weighted by molar-refractivity contribution is 7.99. The standard InChI is InChI=1S/C13H15FN2S2/c1-9-6-7-17-13(9)12(16-15)8-18-11-4-2-10(14)3-5-11/h2-7,12,16H,8,15H2,1H3. The second-order valence-corrected chi connectivity index (χ2v) is 5.99. The molecule has 2 rings (SSSR count). The lowest BCUT2D eigenvalue weighted by atomic mass is 10.2. The molecule has 1 aromatic heterocycles. The third kappa shape index (κ3) is 3.32. The van der Waals surface area contributed by atoms with Gasteiger partial charge in [-0.15, -0.1) is 23.1 Å². The molecule has 18 heavy (non-hydrogen) atoms. The highest BCUT2D eigenvalue weighted by atomic mass is 32.2. The van der Waals surface area contributed by atoms with Gasteiger partial charge in [-0.1, -0.05) is 0 Å². The van der Waals surface area contributed by atoms with E-state index >= 15 is 0 Å². The van der Waals surface area contributed by atoms with Crippen LogP contribution in [0.25, 0.3) is 0 Å². The second-order valence-electron chi connectivity index (χ2n) is 3.95. The third-order valence-electron chi connectivity index (χ3n) is 2.65. The fourth-order valence-electron chi connectivity index (χ4n) is 1.65. The van der Waals surface area contributed by atoms with Crippen LogP contribution >= 0.6 is 23.1 Å². The van der Waals surface area contributed by atoms with Crippen molar-refractivity contribution >= 4 is 23.1 Å². The molecule has 2 aromatic rings. The number of hydrogen-bond acceptors (Lipinski definition) is 4. The molecule has 0 amide bonds. The molecule has 1 heterocycles. The lowest BCUT2D eigenvalue weighted by Gasteiger charge is -2.15. The van der Waals surface area contributed by atoms with Crippen LogP contribution in [0.4, 0.5) is 4.39 Å². The van der Waals surface area contributed by atoms with Crippen molar-refractivity contribution in [1.29, 1.82) is 0 Å². The summed E-state index contributed by atoms with van der Waals surface area (Å²) < 4.78 is 12.8. The molecule has 0 bridgehead atoms. The van der Waals surface area contributed by atoms with Gasteiger partial charge in [-0.05, 0) is 48.2 Å². The van der Waals surface area contributed by atoms with Gasteiger partial charge in [0.05, 0.1) is 6.04 Å². The number of thiophene rings is 1. The minimum atomic E-state index is -0.207. The number of hydrogen-bond donors (Lipinski definition) is 2. The number of thioether (sulfide) groups is 1. The summed E-state index contributed by atoms with van der Waals surface area (Å²) in [5.74, 6) is 6.22. The number of hydrazine groups is 1. The summed E-state index contributed by atoms with van der Waals surface area (Å²) in [4.78, 5) is 2.30. The van der Waals surface area contributed by atoms with Crippen LogP contribution in [0.3, 0.4) is 0 Å². The lowest BCUT2D eigenvalue weighted by Crippen LogP contribution is -2.29. The molecule has 0 aliphatic heterocycles. The summed E-state index contributed by atoms with van der Waals surface area (Å²) in [6, 6.07) is 8.74. The number of nitrogens with two attached hydrogens (primary N) is 1. The van der Waals surface area contributed by atoms with Crippen LogP contribution in [0.5, 0.6) is 0 Å². The SMILES string of the molecule is Cc1ccsc1C(CSc1ccc(F)cc1)NN. The Morgan fingerprint density at radius 2 is 2.06 bits per heavy atom. The molecule has 3 N–H and O–H groups in total. The van der Waals surface area contributed by atoms with Crippen LogP contribution in [-0.4, -0.2) is 5.75 Å². The smallest absolute Gasteiger partial charge is 0.123 e. The van der Waals surface area contributed by atoms with Gasteiger partial charge in [0, 0.05) is 15.5 Å². The van der Waals surface area contributed by atoms with Gasteiger partial charge in [-0.3, -0.25) is 11.3 Å². The molecule has 1 atom stereocenters. The molecule has 2 nitrogen and oxygen atoms in total. The molecule has 0 aliphatic rings. The summed E-state index contributed by atoms with van der Waals surface area (Å²) in [5, 5.41) is 2.07. The van der Waals surface area contributed by atoms with E-state index < -0.39 is 0 Å². The Labute approximate surface area is 114 Å². The zero-order valence-electron chi connectivity index (χ0n) is 10.0. The first kappa shape index (κ1) is 13.5. The van der Waals surface area contributed by atoms with E-state index in [0.29, 0.717) is 0 Å². The van der Waals surface area contributed by atoms with E-state index in [2.05, 4.69) is 23.8 Å². The van der Waals surface area contributed by atoms with E-state index in [4.69, 9.17) is 5.84 Å². The predicted octanol–water partition coefficient (Wildman–Crippen LogP) is 3.49. The Bertz CT molecular complexity index is 496. The molecular weight excluding hydrogens is 267 g/mol.